The number of benzene rings is 1. The number of rotatable bonds is 4. The minimum absolute atomic E-state index is 0.221. The van der Waals surface area contributed by atoms with E-state index in [1.807, 2.05) is 11.4 Å². The third-order valence-corrected chi connectivity index (χ3v) is 4.57. The van der Waals surface area contributed by atoms with Crippen LogP contribution in [0, 0.1) is 0 Å². The van der Waals surface area contributed by atoms with Gasteiger partial charge in [-0.1, -0.05) is 12.1 Å². The average Bonchev–Trinajstić information content (AvgIpc) is 3.16. The van der Waals surface area contributed by atoms with Gasteiger partial charge in [0.15, 0.2) is 0 Å². The summed E-state index contributed by atoms with van der Waals surface area (Å²) in [5.74, 6) is -1.22. The van der Waals surface area contributed by atoms with E-state index in [0.29, 0.717) is 5.01 Å². The normalized spacial score (nSPS) is 15.5. The topological polar surface area (TPSA) is 76.5 Å². The highest BCUT2D eigenvalue weighted by Crippen LogP contribution is 2.49. The molecule has 0 amide bonds. The predicted molar refractivity (Wildman–Crippen MR) is 77.4 cm³/mol. The Labute approximate surface area is 125 Å². The lowest BCUT2D eigenvalue weighted by molar-refractivity contribution is -0.143. The molecule has 1 aliphatic carbocycles. The molecule has 1 fully saturated rings. The van der Waals surface area contributed by atoms with Crippen molar-refractivity contribution in [2.24, 2.45) is 0 Å². The number of carbonyl (C=O) groups is 2. The summed E-state index contributed by atoms with van der Waals surface area (Å²) in [6, 6.07) is 6.62. The highest BCUT2D eigenvalue weighted by atomic mass is 32.1. The van der Waals surface area contributed by atoms with Crippen molar-refractivity contribution in [3.05, 3.63) is 40.9 Å². The molecule has 5 nitrogen and oxygen atoms in total. The van der Waals surface area contributed by atoms with Gasteiger partial charge in [0.05, 0.1) is 18.4 Å². The molecular weight excluding hydrogens is 290 g/mol. The van der Waals surface area contributed by atoms with Gasteiger partial charge in [-0.25, -0.2) is 9.78 Å². The standard InChI is InChI=1S/C15H13NO4S/c1-20-14(19)15(5-6-15)11-8-21-12(16-11)9-3-2-4-10(7-9)13(17)18/h2-4,7-8H,5-6H2,1H3,(H,17,18). The van der Waals surface area contributed by atoms with Crippen molar-refractivity contribution in [1.82, 2.24) is 4.98 Å². The molecule has 0 radical (unpaired) electrons. The quantitative estimate of drug-likeness (QED) is 0.879. The Hall–Kier alpha value is -2.21. The molecule has 0 atom stereocenters. The first-order valence-corrected chi connectivity index (χ1v) is 7.33. The number of hydrogen-bond donors (Lipinski definition) is 1. The van der Waals surface area contributed by atoms with E-state index in [1.54, 1.807) is 12.1 Å². The van der Waals surface area contributed by atoms with Crippen molar-refractivity contribution in [1.29, 1.82) is 0 Å². The molecule has 0 aliphatic heterocycles. The van der Waals surface area contributed by atoms with Gasteiger partial charge in [0, 0.05) is 10.9 Å². The van der Waals surface area contributed by atoms with Gasteiger partial charge in [-0.2, -0.15) is 0 Å². The fourth-order valence-corrected chi connectivity index (χ4v) is 3.21. The van der Waals surface area contributed by atoms with Crippen molar-refractivity contribution in [2.45, 2.75) is 18.3 Å². The second-order valence-electron chi connectivity index (χ2n) is 5.00. The molecule has 1 N–H and O–H groups in total. The first-order valence-electron chi connectivity index (χ1n) is 6.45. The first-order chi connectivity index (χ1) is 10.1. The van der Waals surface area contributed by atoms with E-state index >= 15 is 0 Å². The summed E-state index contributed by atoms with van der Waals surface area (Å²) < 4.78 is 4.85. The van der Waals surface area contributed by atoms with Gasteiger partial charge in [-0.15, -0.1) is 11.3 Å². The van der Waals surface area contributed by atoms with Crippen molar-refractivity contribution < 1.29 is 19.4 Å². The number of carboxylic acids is 1. The summed E-state index contributed by atoms with van der Waals surface area (Å²) in [6.45, 7) is 0. The summed E-state index contributed by atoms with van der Waals surface area (Å²) in [5, 5.41) is 11.6. The van der Waals surface area contributed by atoms with Gasteiger partial charge in [-0.05, 0) is 25.0 Å². The average molecular weight is 303 g/mol. The Kier molecular flexibility index (Phi) is 3.25. The number of hydrogen-bond acceptors (Lipinski definition) is 5. The number of carbonyl (C=O) groups excluding carboxylic acids is 1. The maximum absolute atomic E-state index is 11.9. The van der Waals surface area contributed by atoms with Gasteiger partial charge in [0.2, 0.25) is 0 Å². The van der Waals surface area contributed by atoms with Crippen LogP contribution in [0.4, 0.5) is 0 Å². The van der Waals surface area contributed by atoms with Crippen LogP contribution in [0.1, 0.15) is 28.9 Å². The molecule has 0 unspecified atom stereocenters. The number of aromatic nitrogens is 1. The molecule has 3 rings (SSSR count). The van der Waals surface area contributed by atoms with Crippen LogP contribution in [-0.2, 0) is 14.9 Å². The SMILES string of the molecule is COC(=O)C1(c2csc(-c3cccc(C(=O)O)c3)n2)CC1. The van der Waals surface area contributed by atoms with Crippen LogP contribution in [0.15, 0.2) is 29.6 Å². The molecule has 6 heteroatoms. The van der Waals surface area contributed by atoms with Gasteiger partial charge < -0.3 is 9.84 Å². The third kappa shape index (κ3) is 2.31. The van der Waals surface area contributed by atoms with Gasteiger partial charge in [0.25, 0.3) is 0 Å². The maximum atomic E-state index is 11.9. The molecular formula is C15H13NO4S. The molecule has 0 saturated heterocycles. The van der Waals surface area contributed by atoms with Crippen LogP contribution in [0.25, 0.3) is 10.6 Å². The highest BCUT2D eigenvalue weighted by Gasteiger charge is 2.54. The van der Waals surface area contributed by atoms with E-state index in [2.05, 4.69) is 4.98 Å². The Morgan fingerprint density at radius 1 is 1.38 bits per heavy atom. The highest BCUT2D eigenvalue weighted by molar-refractivity contribution is 7.13. The lowest BCUT2D eigenvalue weighted by Crippen LogP contribution is -2.22. The number of nitrogens with zero attached hydrogens (tertiary/aromatic N) is 1. The number of methoxy groups -OCH3 is 1. The fraction of sp³-hybridized carbons (Fsp3) is 0.267. The van der Waals surface area contributed by atoms with Crippen LogP contribution in [-0.4, -0.2) is 29.1 Å². The lowest BCUT2D eigenvalue weighted by Gasteiger charge is -2.08. The predicted octanol–water partition coefficient (Wildman–Crippen LogP) is 2.71. The van der Waals surface area contributed by atoms with Gasteiger partial charge in [-0.3, -0.25) is 4.79 Å². The molecule has 1 heterocycles. The molecule has 21 heavy (non-hydrogen) atoms. The smallest absolute Gasteiger partial charge is 0.335 e. The minimum Gasteiger partial charge on any atom is -0.478 e. The molecule has 0 spiro atoms. The molecule has 1 aromatic heterocycles. The summed E-state index contributed by atoms with van der Waals surface area (Å²) in [7, 11) is 1.38. The van der Waals surface area contributed by atoms with Crippen LogP contribution < -0.4 is 0 Å². The zero-order chi connectivity index (χ0) is 15.0. The second-order valence-corrected chi connectivity index (χ2v) is 5.86. The van der Waals surface area contributed by atoms with Crippen molar-refractivity contribution in [3.63, 3.8) is 0 Å². The Morgan fingerprint density at radius 2 is 2.14 bits per heavy atom. The summed E-state index contributed by atoms with van der Waals surface area (Å²) in [5.41, 5.74) is 1.09. The molecule has 1 aromatic carbocycles. The largest absolute Gasteiger partial charge is 0.478 e. The van der Waals surface area contributed by atoms with Crippen LogP contribution in [0.2, 0.25) is 0 Å². The van der Waals surface area contributed by atoms with E-state index < -0.39 is 11.4 Å². The molecule has 108 valence electrons. The first kappa shape index (κ1) is 13.8. The summed E-state index contributed by atoms with van der Waals surface area (Å²) in [4.78, 5) is 27.4. The molecule has 2 aromatic rings. The number of ether oxygens (including phenoxy) is 1. The van der Waals surface area contributed by atoms with E-state index in [1.165, 1.54) is 24.5 Å². The zero-order valence-electron chi connectivity index (χ0n) is 11.3. The Morgan fingerprint density at radius 3 is 2.76 bits per heavy atom. The van der Waals surface area contributed by atoms with E-state index in [4.69, 9.17) is 9.84 Å². The molecule has 1 saturated carbocycles. The maximum Gasteiger partial charge on any atom is 0.335 e. The Bertz CT molecular complexity index is 718. The second kappa shape index (κ2) is 4.96. The number of esters is 1. The monoisotopic (exact) mass is 303 g/mol. The fourth-order valence-electron chi connectivity index (χ4n) is 2.30. The van der Waals surface area contributed by atoms with Gasteiger partial charge >= 0.3 is 11.9 Å². The van der Waals surface area contributed by atoms with Crippen molar-refractivity contribution >= 4 is 23.3 Å². The molecule has 0 bridgehead atoms. The lowest BCUT2D eigenvalue weighted by atomic mass is 10.0. The Balaban J connectivity index is 1.94. The van der Waals surface area contributed by atoms with Crippen molar-refractivity contribution in [2.75, 3.05) is 7.11 Å². The van der Waals surface area contributed by atoms with Crippen LogP contribution >= 0.6 is 11.3 Å². The van der Waals surface area contributed by atoms with E-state index in [0.717, 1.165) is 24.1 Å². The summed E-state index contributed by atoms with van der Waals surface area (Å²) in [6.07, 6.45) is 1.50. The summed E-state index contributed by atoms with van der Waals surface area (Å²) >= 11 is 1.41. The van der Waals surface area contributed by atoms with E-state index in [-0.39, 0.29) is 11.5 Å². The zero-order valence-corrected chi connectivity index (χ0v) is 12.1. The van der Waals surface area contributed by atoms with Crippen LogP contribution in [0.3, 0.4) is 0 Å². The van der Waals surface area contributed by atoms with Gasteiger partial charge in [0.1, 0.15) is 10.4 Å². The third-order valence-electron chi connectivity index (χ3n) is 3.68. The van der Waals surface area contributed by atoms with E-state index in [9.17, 15) is 9.59 Å². The van der Waals surface area contributed by atoms with Crippen LogP contribution in [0.5, 0.6) is 0 Å². The number of carboxylic acid groups (broad SMARTS) is 1. The van der Waals surface area contributed by atoms with Crippen molar-refractivity contribution in [3.8, 4) is 10.6 Å². The minimum atomic E-state index is -0.971. The molecule has 1 aliphatic rings. The number of thiazole rings is 1. The number of aromatic carboxylic acids is 1.